The van der Waals surface area contributed by atoms with Crippen LogP contribution in [0.5, 0.6) is 0 Å². The van der Waals surface area contributed by atoms with Crippen LogP contribution < -0.4 is 0 Å². The van der Waals surface area contributed by atoms with E-state index in [9.17, 15) is 25.2 Å². The number of allylic oxidation sites excluding steroid dienone is 8. The fraction of sp³-hybridized carbons (Fsp3) is 0.750. The number of hydrogen-bond donors (Lipinski definition) is 4. The molecule has 9 nitrogen and oxygen atoms in total. The fourth-order valence-corrected chi connectivity index (χ4v) is 4.77. The molecule has 9 heteroatoms. The van der Waals surface area contributed by atoms with Crippen molar-refractivity contribution in [3.63, 3.8) is 0 Å². The largest absolute Gasteiger partial charge is 0.457 e. The number of hydrogen-bond acceptors (Lipinski definition) is 9. The summed E-state index contributed by atoms with van der Waals surface area (Å²) in [5.41, 5.74) is 0. The van der Waals surface area contributed by atoms with Crippen LogP contribution in [-0.4, -0.2) is 89.6 Å². The normalized spacial score (nSPS) is 23.2. The minimum atomic E-state index is -1.54. The number of aliphatic hydroxyl groups excluding tert-OH is 4. The molecular weight excluding hydrogens is 576 g/mol. The molecule has 1 saturated heterocycles. The van der Waals surface area contributed by atoms with Crippen molar-refractivity contribution in [3.8, 4) is 0 Å². The number of carbonyl (C=O) groups is 1. The van der Waals surface area contributed by atoms with E-state index < -0.39 is 43.4 Å². The van der Waals surface area contributed by atoms with E-state index >= 15 is 0 Å². The van der Waals surface area contributed by atoms with Crippen molar-refractivity contribution in [1.82, 2.24) is 0 Å². The predicted octanol–water partition coefficient (Wildman–Crippen LogP) is 5.85. The zero-order chi connectivity index (χ0) is 33.0. The third kappa shape index (κ3) is 20.8. The van der Waals surface area contributed by atoms with Crippen molar-refractivity contribution < 1.29 is 44.2 Å². The summed E-state index contributed by atoms with van der Waals surface area (Å²) < 4.78 is 22.4. The van der Waals surface area contributed by atoms with E-state index in [2.05, 4.69) is 62.5 Å². The molecule has 6 atom stereocenters. The summed E-state index contributed by atoms with van der Waals surface area (Å²) in [7, 11) is 0. The van der Waals surface area contributed by atoms with Gasteiger partial charge in [-0.25, -0.2) is 0 Å². The van der Waals surface area contributed by atoms with Crippen molar-refractivity contribution in [2.45, 2.75) is 147 Å². The van der Waals surface area contributed by atoms with Crippen molar-refractivity contribution in [2.24, 2.45) is 0 Å². The average Bonchev–Trinajstić information content (AvgIpc) is 3.04. The number of carbonyl (C=O) groups excluding carboxylic acids is 1. The van der Waals surface area contributed by atoms with E-state index in [1.54, 1.807) is 0 Å². The average molecular weight is 639 g/mol. The van der Waals surface area contributed by atoms with E-state index in [1.807, 2.05) is 0 Å². The van der Waals surface area contributed by atoms with Crippen LogP contribution in [0.3, 0.4) is 0 Å². The summed E-state index contributed by atoms with van der Waals surface area (Å²) in [4.78, 5) is 12.4. The van der Waals surface area contributed by atoms with E-state index in [1.165, 1.54) is 12.8 Å². The van der Waals surface area contributed by atoms with Crippen LogP contribution in [0.4, 0.5) is 0 Å². The molecule has 0 saturated carbocycles. The highest BCUT2D eigenvalue weighted by molar-refractivity contribution is 5.69. The molecule has 6 unspecified atom stereocenters. The van der Waals surface area contributed by atoms with Gasteiger partial charge in [-0.1, -0.05) is 101 Å². The van der Waals surface area contributed by atoms with Crippen LogP contribution in [-0.2, 0) is 23.7 Å². The molecule has 0 spiro atoms. The van der Waals surface area contributed by atoms with Crippen LogP contribution >= 0.6 is 0 Å². The minimum absolute atomic E-state index is 0.124. The Kier molecular flexibility index (Phi) is 26.0. The number of aliphatic hydroxyl groups is 4. The van der Waals surface area contributed by atoms with Gasteiger partial charge in [0, 0.05) is 13.0 Å². The zero-order valence-corrected chi connectivity index (χ0v) is 27.8. The molecule has 4 N–H and O–H groups in total. The van der Waals surface area contributed by atoms with E-state index in [0.29, 0.717) is 13.0 Å². The summed E-state index contributed by atoms with van der Waals surface area (Å²) >= 11 is 0. The molecule has 1 fully saturated rings. The number of rotatable bonds is 27. The number of ether oxygens (including phenoxy) is 4. The molecule has 0 amide bonds. The maximum atomic E-state index is 12.4. The highest BCUT2D eigenvalue weighted by Gasteiger charge is 2.44. The SMILES string of the molecule is CC/C=C\C/C=C\C/C=C\C/C=C\CCCCCCCOCC(COC1OC(CO)C(O)C(O)C1O)OC(=O)CCCCCC. The van der Waals surface area contributed by atoms with Gasteiger partial charge in [-0.15, -0.1) is 0 Å². The molecule has 1 rings (SSSR count). The second kappa shape index (κ2) is 28.4. The topological polar surface area (TPSA) is 135 Å². The Morgan fingerprint density at radius 1 is 0.733 bits per heavy atom. The number of unbranched alkanes of at least 4 members (excludes halogenated alkanes) is 8. The highest BCUT2D eigenvalue weighted by Crippen LogP contribution is 2.22. The Morgan fingerprint density at radius 2 is 1.36 bits per heavy atom. The van der Waals surface area contributed by atoms with Crippen LogP contribution in [0.25, 0.3) is 0 Å². The summed E-state index contributed by atoms with van der Waals surface area (Å²) in [6.45, 7) is 4.24. The standard InChI is InChI=1S/C36H62O9/c1-3-5-7-9-10-11-12-13-14-15-16-17-18-19-20-21-22-24-26-42-28-30(44-32(38)25-23-8-6-4-2)29-43-36-35(41)34(40)33(39)31(27-37)45-36/h5,7,10-11,13-14,16-17,30-31,33-37,39-41H,3-4,6,8-9,12,15,18-29H2,1-2H3/b7-5-,11-10-,14-13-,17-16-. The van der Waals surface area contributed by atoms with Crippen molar-refractivity contribution in [1.29, 1.82) is 0 Å². The summed E-state index contributed by atoms with van der Waals surface area (Å²) in [6, 6.07) is 0. The van der Waals surface area contributed by atoms with Gasteiger partial charge in [0.25, 0.3) is 0 Å². The monoisotopic (exact) mass is 638 g/mol. The number of esters is 1. The Morgan fingerprint density at radius 3 is 2.02 bits per heavy atom. The van der Waals surface area contributed by atoms with Crippen molar-refractivity contribution in [3.05, 3.63) is 48.6 Å². The molecule has 0 aromatic carbocycles. The summed E-state index contributed by atoms with van der Waals surface area (Å²) in [5, 5.41) is 39.6. The first-order valence-electron chi connectivity index (χ1n) is 17.2. The molecule has 0 aromatic rings. The summed E-state index contributed by atoms with van der Waals surface area (Å²) in [6.07, 6.45) is 24.8. The lowest BCUT2D eigenvalue weighted by molar-refractivity contribution is -0.305. The van der Waals surface area contributed by atoms with Crippen LogP contribution in [0.2, 0.25) is 0 Å². The first-order chi connectivity index (χ1) is 21.9. The van der Waals surface area contributed by atoms with Crippen LogP contribution in [0.15, 0.2) is 48.6 Å². The first kappa shape index (κ1) is 41.2. The molecule has 45 heavy (non-hydrogen) atoms. The molecule has 1 heterocycles. The van der Waals surface area contributed by atoms with Gasteiger partial charge in [0.15, 0.2) is 6.29 Å². The minimum Gasteiger partial charge on any atom is -0.457 e. The quantitative estimate of drug-likeness (QED) is 0.0497. The van der Waals surface area contributed by atoms with E-state index in [-0.39, 0.29) is 19.2 Å². The lowest BCUT2D eigenvalue weighted by Gasteiger charge is -2.39. The van der Waals surface area contributed by atoms with Crippen molar-refractivity contribution in [2.75, 3.05) is 26.4 Å². The van der Waals surface area contributed by atoms with Gasteiger partial charge in [-0.2, -0.15) is 0 Å². The maximum absolute atomic E-state index is 12.4. The molecule has 1 aliphatic rings. The van der Waals surface area contributed by atoms with E-state index in [0.717, 1.165) is 77.0 Å². The van der Waals surface area contributed by atoms with Crippen LogP contribution in [0.1, 0.15) is 110 Å². The second-order valence-corrected chi connectivity index (χ2v) is 11.6. The van der Waals surface area contributed by atoms with Crippen LogP contribution in [0, 0.1) is 0 Å². The zero-order valence-electron chi connectivity index (χ0n) is 27.8. The van der Waals surface area contributed by atoms with Gasteiger partial charge in [-0.3, -0.25) is 4.79 Å². The Hall–Kier alpha value is -1.85. The van der Waals surface area contributed by atoms with Gasteiger partial charge in [0.05, 0.1) is 19.8 Å². The van der Waals surface area contributed by atoms with Gasteiger partial charge >= 0.3 is 5.97 Å². The molecule has 0 aromatic heterocycles. The lowest BCUT2D eigenvalue weighted by atomic mass is 9.99. The second-order valence-electron chi connectivity index (χ2n) is 11.6. The van der Waals surface area contributed by atoms with E-state index in [4.69, 9.17) is 18.9 Å². The maximum Gasteiger partial charge on any atom is 0.306 e. The highest BCUT2D eigenvalue weighted by atomic mass is 16.7. The Bertz CT molecular complexity index is 823. The van der Waals surface area contributed by atoms with Gasteiger partial charge < -0.3 is 39.4 Å². The smallest absolute Gasteiger partial charge is 0.306 e. The Labute approximate surface area is 272 Å². The lowest BCUT2D eigenvalue weighted by Crippen LogP contribution is -2.59. The molecule has 260 valence electrons. The third-order valence-electron chi connectivity index (χ3n) is 7.51. The summed E-state index contributed by atoms with van der Waals surface area (Å²) in [5.74, 6) is -0.342. The van der Waals surface area contributed by atoms with Crippen molar-refractivity contribution >= 4 is 5.97 Å². The molecule has 0 radical (unpaired) electrons. The Balaban J connectivity index is 2.26. The first-order valence-corrected chi connectivity index (χ1v) is 17.2. The third-order valence-corrected chi connectivity index (χ3v) is 7.51. The molecule has 0 bridgehead atoms. The van der Waals surface area contributed by atoms with Gasteiger partial charge in [-0.05, 0) is 51.4 Å². The fourth-order valence-electron chi connectivity index (χ4n) is 4.77. The van der Waals surface area contributed by atoms with Gasteiger partial charge in [0.1, 0.15) is 30.5 Å². The molecule has 1 aliphatic heterocycles. The predicted molar refractivity (Wildman–Crippen MR) is 178 cm³/mol. The molecular formula is C36H62O9. The molecule has 0 aliphatic carbocycles. The van der Waals surface area contributed by atoms with Gasteiger partial charge in [0.2, 0.25) is 0 Å².